The van der Waals surface area contributed by atoms with E-state index >= 15 is 4.39 Å². The third kappa shape index (κ3) is 4.98. The van der Waals surface area contributed by atoms with Crippen LogP contribution in [0.5, 0.6) is 0 Å². The monoisotopic (exact) mass is 704 g/mol. The number of halogens is 25. The number of hydrogen-bond donors (Lipinski definition) is 0. The van der Waals surface area contributed by atoms with Crippen LogP contribution in [0.15, 0.2) is 12.2 Å². The molecule has 0 heterocycles. The van der Waals surface area contributed by atoms with E-state index < -0.39 is 83.1 Å². The van der Waals surface area contributed by atoms with Crippen molar-refractivity contribution in [2.24, 2.45) is 5.41 Å². The van der Waals surface area contributed by atoms with Crippen molar-refractivity contribution in [1.29, 1.82) is 0 Å². The van der Waals surface area contributed by atoms with Gasteiger partial charge in [0, 0.05) is 5.57 Å². The van der Waals surface area contributed by atoms with Crippen LogP contribution >= 0.6 is 0 Å². The van der Waals surface area contributed by atoms with Crippen molar-refractivity contribution in [2.75, 3.05) is 0 Å². The number of carbonyl (C=O) groups excluding carboxylic acids is 1. The number of hydrogen-bond acceptors (Lipinski definition) is 2. The summed E-state index contributed by atoms with van der Waals surface area (Å²) in [4.78, 5) is 11.3. The van der Waals surface area contributed by atoms with Gasteiger partial charge in [-0.3, -0.25) is 0 Å². The zero-order valence-corrected chi connectivity index (χ0v) is 19.0. The molecule has 0 aromatic rings. The quantitative estimate of drug-likeness (QED) is 0.136. The van der Waals surface area contributed by atoms with Crippen LogP contribution in [-0.2, 0) is 9.53 Å². The van der Waals surface area contributed by atoms with Crippen LogP contribution < -0.4 is 0 Å². The SMILES string of the molecule is C=C(C)C(=O)OC(F)(C(F)(F)C(F)(F)C(F)(F)C(F)(F)C(F)(F)C(F)(F)C(F)(F)F)C(C(F)(F)F)(C(F)(F)F)C(F)(F)F. The number of carbonyl (C=O) groups is 1. The smallest absolute Gasteiger partial charge is 0.417 e. The molecule has 2 nitrogen and oxygen atoms in total. The third-order valence-electron chi connectivity index (χ3n) is 5.07. The second kappa shape index (κ2) is 9.98. The predicted octanol–water partition coefficient (Wildman–Crippen LogP) is 8.82. The molecule has 0 spiro atoms. The fourth-order valence-electron chi connectivity index (χ4n) is 2.79. The van der Waals surface area contributed by atoms with Gasteiger partial charge >= 0.3 is 77.5 Å². The average Bonchev–Trinajstić information content (AvgIpc) is 2.68. The minimum atomic E-state index is -9.79. The minimum Gasteiger partial charge on any atom is -0.417 e. The summed E-state index contributed by atoms with van der Waals surface area (Å²) in [6, 6.07) is 0. The maximum absolute atomic E-state index is 15.2. The molecule has 0 aromatic heterocycles. The van der Waals surface area contributed by atoms with Crippen molar-refractivity contribution in [3.05, 3.63) is 12.2 Å². The molecular formula is C16H5F25O2. The highest BCUT2D eigenvalue weighted by Crippen LogP contribution is 2.73. The molecule has 256 valence electrons. The Bertz CT molecular complexity index is 1030. The lowest BCUT2D eigenvalue weighted by atomic mass is 9.71. The molecule has 0 saturated carbocycles. The van der Waals surface area contributed by atoms with Gasteiger partial charge in [-0.25, -0.2) is 4.79 Å². The van der Waals surface area contributed by atoms with Crippen LogP contribution in [0, 0.1) is 5.41 Å². The van der Waals surface area contributed by atoms with Crippen molar-refractivity contribution in [2.45, 2.75) is 73.0 Å². The van der Waals surface area contributed by atoms with E-state index in [1.165, 1.54) is 0 Å². The second-order valence-corrected chi connectivity index (χ2v) is 7.95. The Labute approximate surface area is 217 Å². The van der Waals surface area contributed by atoms with E-state index in [0.29, 0.717) is 0 Å². The predicted molar refractivity (Wildman–Crippen MR) is 81.1 cm³/mol. The largest absolute Gasteiger partial charge is 0.460 e. The molecule has 0 bridgehead atoms. The lowest BCUT2D eigenvalue weighted by molar-refractivity contribution is -0.531. The van der Waals surface area contributed by atoms with Gasteiger partial charge in [0.25, 0.3) is 0 Å². The number of ether oxygens (including phenoxy) is 1. The normalized spacial score (nSPS) is 17.4. The van der Waals surface area contributed by atoms with Gasteiger partial charge in [-0.1, -0.05) is 6.58 Å². The van der Waals surface area contributed by atoms with Gasteiger partial charge in [-0.05, 0) is 6.92 Å². The van der Waals surface area contributed by atoms with Crippen molar-refractivity contribution >= 4 is 5.97 Å². The van der Waals surface area contributed by atoms with E-state index in [4.69, 9.17) is 0 Å². The van der Waals surface area contributed by atoms with Gasteiger partial charge in [0.1, 0.15) is 0 Å². The van der Waals surface area contributed by atoms with Crippen LogP contribution in [0.4, 0.5) is 110 Å². The average molecular weight is 704 g/mol. The van der Waals surface area contributed by atoms with Crippen molar-refractivity contribution in [3.8, 4) is 0 Å². The Morgan fingerprint density at radius 2 is 0.651 bits per heavy atom. The van der Waals surface area contributed by atoms with Crippen molar-refractivity contribution < 1.29 is 119 Å². The Balaban J connectivity index is 8.40. The molecular weight excluding hydrogens is 699 g/mol. The summed E-state index contributed by atoms with van der Waals surface area (Å²) in [6.07, 6.45) is -35.3. The molecule has 0 aliphatic carbocycles. The zero-order chi connectivity index (χ0) is 35.9. The molecule has 0 aliphatic rings. The Morgan fingerprint density at radius 1 is 0.419 bits per heavy atom. The minimum absolute atomic E-state index is 0.224. The van der Waals surface area contributed by atoms with Crippen LogP contribution in [0.1, 0.15) is 6.92 Å². The summed E-state index contributed by atoms with van der Waals surface area (Å²) in [5.41, 5.74) is -11.6. The Kier molecular flexibility index (Phi) is 9.39. The van der Waals surface area contributed by atoms with E-state index in [-0.39, 0.29) is 6.92 Å². The van der Waals surface area contributed by atoms with E-state index in [9.17, 15) is 110 Å². The van der Waals surface area contributed by atoms with Crippen LogP contribution in [0.2, 0.25) is 0 Å². The number of esters is 1. The molecule has 1 unspecified atom stereocenters. The molecule has 0 N–H and O–H groups in total. The maximum Gasteiger partial charge on any atom is 0.460 e. The highest BCUT2D eigenvalue weighted by Gasteiger charge is 3.04. The second-order valence-electron chi connectivity index (χ2n) is 7.95. The first-order chi connectivity index (χ1) is 18.1. The van der Waals surface area contributed by atoms with Crippen molar-refractivity contribution in [1.82, 2.24) is 0 Å². The number of rotatable bonds is 9. The van der Waals surface area contributed by atoms with Gasteiger partial charge in [0.05, 0.1) is 0 Å². The molecule has 27 heteroatoms. The molecule has 0 saturated heterocycles. The van der Waals surface area contributed by atoms with E-state index in [0.717, 1.165) is 0 Å². The molecule has 0 aliphatic heterocycles. The molecule has 0 radical (unpaired) electrons. The first-order valence-corrected chi connectivity index (χ1v) is 9.19. The summed E-state index contributed by atoms with van der Waals surface area (Å²) in [7, 11) is 0. The number of alkyl halides is 25. The van der Waals surface area contributed by atoms with Crippen LogP contribution in [-0.4, -0.2) is 72.1 Å². The van der Waals surface area contributed by atoms with Gasteiger partial charge in [-0.2, -0.15) is 110 Å². The molecule has 0 fully saturated rings. The summed E-state index contributed by atoms with van der Waals surface area (Å²) in [5.74, 6) is -69.8. The van der Waals surface area contributed by atoms with E-state index in [1.54, 1.807) is 0 Å². The standard InChI is InChI=1S/C16H5F25O2/c1-3(2)4(42)43-12(29,5(13(30,31)32,14(33,34)35)15(36,37)38)10(25,26)8(21,22)6(17,18)7(19,20)9(23,24)11(27,28)16(39,40)41/h1H2,2H3. The Hall–Kier alpha value is -2.54. The van der Waals surface area contributed by atoms with Crippen LogP contribution in [0.25, 0.3) is 0 Å². The highest BCUT2D eigenvalue weighted by molar-refractivity contribution is 5.87. The van der Waals surface area contributed by atoms with Gasteiger partial charge in [0.15, 0.2) is 0 Å². The summed E-state index contributed by atoms with van der Waals surface area (Å²) in [6.45, 7) is 1.82. The summed E-state index contributed by atoms with van der Waals surface area (Å²) >= 11 is 0. The first-order valence-electron chi connectivity index (χ1n) is 9.19. The topological polar surface area (TPSA) is 26.3 Å². The summed E-state index contributed by atoms with van der Waals surface area (Å²) < 4.78 is 337. The van der Waals surface area contributed by atoms with Gasteiger partial charge in [-0.15, -0.1) is 0 Å². The third-order valence-corrected chi connectivity index (χ3v) is 5.07. The van der Waals surface area contributed by atoms with Crippen LogP contribution in [0.3, 0.4) is 0 Å². The molecule has 0 aromatic carbocycles. The van der Waals surface area contributed by atoms with Gasteiger partial charge < -0.3 is 4.74 Å². The molecule has 0 amide bonds. The fraction of sp³-hybridized carbons (Fsp3) is 0.812. The Morgan fingerprint density at radius 3 is 0.860 bits per heavy atom. The molecule has 1 atom stereocenters. The highest BCUT2D eigenvalue weighted by atomic mass is 19.4. The van der Waals surface area contributed by atoms with E-state index in [1.807, 2.05) is 11.3 Å². The molecule has 43 heavy (non-hydrogen) atoms. The fourth-order valence-corrected chi connectivity index (χ4v) is 2.79. The lowest BCUT2D eigenvalue weighted by Crippen LogP contribution is -2.82. The summed E-state index contributed by atoms with van der Waals surface area (Å²) in [5, 5.41) is 0. The van der Waals surface area contributed by atoms with Gasteiger partial charge in [0.2, 0.25) is 0 Å². The lowest BCUT2D eigenvalue weighted by Gasteiger charge is -2.51. The molecule has 0 rings (SSSR count). The maximum atomic E-state index is 15.2. The van der Waals surface area contributed by atoms with Crippen molar-refractivity contribution in [3.63, 3.8) is 0 Å². The van der Waals surface area contributed by atoms with E-state index in [2.05, 4.69) is 0 Å². The first kappa shape index (κ1) is 40.5. The zero-order valence-electron chi connectivity index (χ0n) is 19.0.